The second-order valence-electron chi connectivity index (χ2n) is 8.32. The molecule has 0 atom stereocenters. The molecule has 0 bridgehead atoms. The van der Waals surface area contributed by atoms with Gasteiger partial charge in [0.1, 0.15) is 12.1 Å². The van der Waals surface area contributed by atoms with E-state index in [1.165, 1.54) is 18.5 Å². The Morgan fingerprint density at radius 1 is 1.21 bits per heavy atom. The summed E-state index contributed by atoms with van der Waals surface area (Å²) in [7, 11) is 0. The summed E-state index contributed by atoms with van der Waals surface area (Å²) in [5.74, 6) is -0.356. The Kier molecular flexibility index (Phi) is 8.26. The number of hydrogen-bond donors (Lipinski definition) is 0. The third-order valence-corrected chi connectivity index (χ3v) is 6.05. The van der Waals surface area contributed by atoms with Crippen LogP contribution in [0.2, 0.25) is 0 Å². The lowest BCUT2D eigenvalue weighted by molar-refractivity contribution is -0.128. The molecule has 1 saturated heterocycles. The minimum Gasteiger partial charge on any atom is -0.339 e. The van der Waals surface area contributed by atoms with Crippen LogP contribution in [0.3, 0.4) is 0 Å². The Bertz CT molecular complexity index is 1070. The van der Waals surface area contributed by atoms with E-state index in [2.05, 4.69) is 23.0 Å². The highest BCUT2D eigenvalue weighted by molar-refractivity contribution is 6.03. The van der Waals surface area contributed by atoms with Crippen LogP contribution in [0.1, 0.15) is 44.4 Å². The van der Waals surface area contributed by atoms with Crippen molar-refractivity contribution in [1.29, 1.82) is 5.26 Å². The number of nitriles is 1. The minimum absolute atomic E-state index is 0.0689. The summed E-state index contributed by atoms with van der Waals surface area (Å²) in [6.45, 7) is 4.93. The van der Waals surface area contributed by atoms with Crippen molar-refractivity contribution in [3.8, 4) is 6.07 Å². The fourth-order valence-electron chi connectivity index (χ4n) is 4.00. The number of piperidine rings is 1. The molecular weight excluding hydrogens is 415 g/mol. The zero-order chi connectivity index (χ0) is 23.7. The molecule has 0 spiro atoms. The van der Waals surface area contributed by atoms with Crippen molar-refractivity contribution in [2.24, 2.45) is 5.41 Å². The number of allylic oxidation sites excluding steroid dienone is 4. The van der Waals surface area contributed by atoms with Crippen LogP contribution in [0, 0.1) is 22.6 Å². The van der Waals surface area contributed by atoms with E-state index < -0.39 is 5.41 Å². The normalized spacial score (nSPS) is 16.6. The van der Waals surface area contributed by atoms with E-state index in [0.29, 0.717) is 43.6 Å². The first-order chi connectivity index (χ1) is 16.0. The fraction of sp³-hybridized carbons (Fsp3) is 0.333. The predicted molar refractivity (Wildman–Crippen MR) is 127 cm³/mol. The molecule has 0 aliphatic carbocycles. The van der Waals surface area contributed by atoms with Crippen LogP contribution in [0.25, 0.3) is 5.57 Å². The van der Waals surface area contributed by atoms with E-state index in [1.54, 1.807) is 24.4 Å². The van der Waals surface area contributed by atoms with Crippen molar-refractivity contribution in [1.82, 2.24) is 14.9 Å². The average molecular weight is 445 g/mol. The minimum atomic E-state index is -0.556. The number of carbonyl (C=O) groups excluding carboxylic acids is 1. The Morgan fingerprint density at radius 2 is 1.94 bits per heavy atom. The zero-order valence-corrected chi connectivity index (χ0v) is 19.2. The summed E-state index contributed by atoms with van der Waals surface area (Å²) in [5, 5.41) is 9.93. The number of halogens is 1. The summed E-state index contributed by atoms with van der Waals surface area (Å²) in [4.78, 5) is 23.6. The lowest BCUT2D eigenvalue weighted by atomic mass is 9.75. The smallest absolute Gasteiger partial charge is 0.254 e. The van der Waals surface area contributed by atoms with Gasteiger partial charge in [-0.1, -0.05) is 37.3 Å². The first kappa shape index (κ1) is 24.1. The van der Waals surface area contributed by atoms with Gasteiger partial charge in [0.05, 0.1) is 17.2 Å². The van der Waals surface area contributed by atoms with Gasteiger partial charge in [-0.15, -0.1) is 0 Å². The molecule has 5 nitrogen and oxygen atoms in total. The summed E-state index contributed by atoms with van der Waals surface area (Å²) in [6.07, 6.45) is 13.4. The van der Waals surface area contributed by atoms with Crippen LogP contribution in [-0.2, 0) is 11.2 Å². The lowest BCUT2D eigenvalue weighted by Crippen LogP contribution is -2.44. The van der Waals surface area contributed by atoms with Gasteiger partial charge in [0.25, 0.3) is 5.91 Å². The first-order valence-corrected chi connectivity index (χ1v) is 11.2. The van der Waals surface area contributed by atoms with E-state index in [-0.39, 0.29) is 11.7 Å². The van der Waals surface area contributed by atoms with Crippen molar-refractivity contribution in [3.05, 3.63) is 89.8 Å². The van der Waals surface area contributed by atoms with Crippen LogP contribution in [-0.4, -0.2) is 33.9 Å². The SMILES string of the molecule is CC/C=C/C=C\C(C(=O)N1CCC(C#N)(Cc2ccc(F)cc2)CC1)=C(/C)c1ccncn1. The number of rotatable bonds is 7. The number of benzene rings is 1. The highest BCUT2D eigenvalue weighted by atomic mass is 19.1. The number of nitrogens with zero attached hydrogens (tertiary/aromatic N) is 4. The molecule has 1 aromatic carbocycles. The number of hydrogen-bond acceptors (Lipinski definition) is 4. The van der Waals surface area contributed by atoms with Crippen LogP contribution in [0.15, 0.2) is 72.7 Å². The van der Waals surface area contributed by atoms with Gasteiger partial charge >= 0.3 is 0 Å². The van der Waals surface area contributed by atoms with Gasteiger partial charge in [-0.3, -0.25) is 4.79 Å². The Balaban J connectivity index is 1.79. The molecule has 170 valence electrons. The Hall–Kier alpha value is -3.59. The van der Waals surface area contributed by atoms with Gasteiger partial charge in [-0.05, 0) is 68.0 Å². The second kappa shape index (κ2) is 11.3. The molecule has 1 fully saturated rings. The second-order valence-corrected chi connectivity index (χ2v) is 8.32. The topological polar surface area (TPSA) is 69.9 Å². The maximum Gasteiger partial charge on any atom is 0.254 e. The van der Waals surface area contributed by atoms with Crippen molar-refractivity contribution in [2.75, 3.05) is 13.1 Å². The molecular formula is C27H29FN4O. The molecule has 1 amide bonds. The third kappa shape index (κ3) is 6.23. The molecule has 0 N–H and O–H groups in total. The standard InChI is InChI=1S/C27H29FN4O/c1-3-4-5-6-7-24(21(2)25-12-15-30-20-31-25)26(33)32-16-13-27(19-29,14-17-32)18-22-8-10-23(28)11-9-22/h4-12,15,20H,3,13-14,16-18H2,1-2H3/b5-4+,7-6-,24-21-. The molecule has 1 aliphatic heterocycles. The lowest BCUT2D eigenvalue weighted by Gasteiger charge is -2.37. The van der Waals surface area contributed by atoms with Gasteiger partial charge in [-0.2, -0.15) is 5.26 Å². The maximum atomic E-state index is 13.5. The zero-order valence-electron chi connectivity index (χ0n) is 19.2. The maximum absolute atomic E-state index is 13.5. The average Bonchev–Trinajstić information content (AvgIpc) is 2.86. The molecule has 33 heavy (non-hydrogen) atoms. The first-order valence-electron chi connectivity index (χ1n) is 11.2. The number of carbonyl (C=O) groups is 1. The Labute approximate surface area is 195 Å². The molecule has 0 saturated carbocycles. The summed E-state index contributed by atoms with van der Waals surface area (Å²) in [6, 6.07) is 10.6. The summed E-state index contributed by atoms with van der Waals surface area (Å²) < 4.78 is 13.2. The largest absolute Gasteiger partial charge is 0.339 e. The summed E-state index contributed by atoms with van der Waals surface area (Å²) in [5.41, 5.74) is 2.45. The monoisotopic (exact) mass is 444 g/mol. The van der Waals surface area contributed by atoms with Gasteiger partial charge in [0.15, 0.2) is 0 Å². The number of aromatic nitrogens is 2. The van der Waals surface area contributed by atoms with Gasteiger partial charge in [0.2, 0.25) is 0 Å². The molecule has 0 unspecified atom stereocenters. The fourth-order valence-corrected chi connectivity index (χ4v) is 4.00. The van der Waals surface area contributed by atoms with E-state index in [4.69, 9.17) is 0 Å². The Morgan fingerprint density at radius 3 is 2.55 bits per heavy atom. The van der Waals surface area contributed by atoms with E-state index in [1.807, 2.05) is 36.1 Å². The number of amides is 1. The molecule has 6 heteroatoms. The molecule has 1 aliphatic rings. The van der Waals surface area contributed by atoms with Crippen LogP contribution < -0.4 is 0 Å². The van der Waals surface area contributed by atoms with Crippen molar-refractivity contribution in [2.45, 2.75) is 39.5 Å². The molecule has 3 rings (SSSR count). The van der Waals surface area contributed by atoms with Crippen LogP contribution in [0.4, 0.5) is 4.39 Å². The van der Waals surface area contributed by atoms with Crippen LogP contribution >= 0.6 is 0 Å². The van der Waals surface area contributed by atoms with E-state index in [9.17, 15) is 14.4 Å². The van der Waals surface area contributed by atoms with Gasteiger partial charge in [-0.25, -0.2) is 14.4 Å². The predicted octanol–water partition coefficient (Wildman–Crippen LogP) is 5.29. The number of likely N-dealkylation sites (tertiary alicyclic amines) is 1. The molecule has 1 aromatic heterocycles. The van der Waals surface area contributed by atoms with Crippen molar-refractivity contribution in [3.63, 3.8) is 0 Å². The van der Waals surface area contributed by atoms with Crippen molar-refractivity contribution >= 4 is 11.5 Å². The molecule has 2 aromatic rings. The van der Waals surface area contributed by atoms with Gasteiger partial charge in [0, 0.05) is 24.9 Å². The van der Waals surface area contributed by atoms with E-state index in [0.717, 1.165) is 17.6 Å². The molecule has 0 radical (unpaired) electrons. The van der Waals surface area contributed by atoms with Crippen LogP contribution in [0.5, 0.6) is 0 Å². The third-order valence-electron chi connectivity index (χ3n) is 6.05. The van der Waals surface area contributed by atoms with E-state index >= 15 is 0 Å². The summed E-state index contributed by atoms with van der Waals surface area (Å²) >= 11 is 0. The quantitative estimate of drug-likeness (QED) is 0.430. The highest BCUT2D eigenvalue weighted by Gasteiger charge is 2.37. The highest BCUT2D eigenvalue weighted by Crippen LogP contribution is 2.35. The van der Waals surface area contributed by atoms with Gasteiger partial charge < -0.3 is 4.90 Å². The van der Waals surface area contributed by atoms with Crippen molar-refractivity contribution < 1.29 is 9.18 Å². The molecule has 2 heterocycles.